The average molecular weight is 113 g/mol. The monoisotopic (exact) mass is 113 g/mol. The minimum Gasteiger partial charge on any atom is -0.425 e. The van der Waals surface area contributed by atoms with E-state index < -0.39 is 0 Å². The molecule has 2 aliphatic rings. The van der Waals surface area contributed by atoms with Crippen LogP contribution >= 0.6 is 0 Å². The second-order valence-electron chi connectivity index (χ2n) is 2.17. The molecular weight excluding hydrogens is 106 g/mol. The van der Waals surface area contributed by atoms with Crippen molar-refractivity contribution in [2.24, 2.45) is 0 Å². The summed E-state index contributed by atoms with van der Waals surface area (Å²) in [6, 6.07) is 0. The Balaban J connectivity index is 2.11. The van der Waals surface area contributed by atoms with Gasteiger partial charge in [-0.3, -0.25) is 4.90 Å². The molecule has 2 rings (SSSR count). The van der Waals surface area contributed by atoms with E-state index in [4.69, 9.17) is 4.74 Å². The van der Waals surface area contributed by atoms with Gasteiger partial charge in [0.2, 0.25) is 0 Å². The zero-order valence-electron chi connectivity index (χ0n) is 4.46. The van der Waals surface area contributed by atoms with Crippen LogP contribution in [0.5, 0.6) is 0 Å². The number of rotatable bonds is 0. The largest absolute Gasteiger partial charge is 0.425 e. The summed E-state index contributed by atoms with van der Waals surface area (Å²) in [4.78, 5) is 12.2. The van der Waals surface area contributed by atoms with Gasteiger partial charge in [0.25, 0.3) is 0 Å². The number of fused-ring (bicyclic) bond motifs is 1. The maximum atomic E-state index is 10.4. The van der Waals surface area contributed by atoms with Crippen LogP contribution in [0.15, 0.2) is 0 Å². The number of amides is 1. The SMILES string of the molecule is O=C1OC2CCCN12. The Morgan fingerprint density at radius 1 is 1.75 bits per heavy atom. The van der Waals surface area contributed by atoms with E-state index in [1.54, 1.807) is 4.90 Å². The average Bonchev–Trinajstić information content (AvgIpc) is 2.09. The summed E-state index contributed by atoms with van der Waals surface area (Å²) < 4.78 is 4.75. The molecule has 2 fully saturated rings. The second-order valence-corrected chi connectivity index (χ2v) is 2.17. The van der Waals surface area contributed by atoms with Crippen molar-refractivity contribution in [1.29, 1.82) is 0 Å². The van der Waals surface area contributed by atoms with Crippen molar-refractivity contribution < 1.29 is 9.53 Å². The van der Waals surface area contributed by atoms with Gasteiger partial charge in [0, 0.05) is 13.0 Å². The summed E-state index contributed by atoms with van der Waals surface area (Å²) in [5.74, 6) is 0. The highest BCUT2D eigenvalue weighted by Crippen LogP contribution is 2.27. The van der Waals surface area contributed by atoms with Crippen LogP contribution < -0.4 is 0 Å². The van der Waals surface area contributed by atoms with Gasteiger partial charge in [-0.1, -0.05) is 0 Å². The van der Waals surface area contributed by atoms with Gasteiger partial charge >= 0.3 is 6.09 Å². The molecule has 1 atom stereocenters. The molecule has 0 aliphatic carbocycles. The minimum atomic E-state index is -0.132. The zero-order valence-corrected chi connectivity index (χ0v) is 4.46. The molecule has 1 unspecified atom stereocenters. The maximum Gasteiger partial charge on any atom is 0.414 e. The zero-order chi connectivity index (χ0) is 5.56. The van der Waals surface area contributed by atoms with Gasteiger partial charge in [0.05, 0.1) is 0 Å². The summed E-state index contributed by atoms with van der Waals surface area (Å²) >= 11 is 0. The van der Waals surface area contributed by atoms with E-state index >= 15 is 0 Å². The third-order valence-electron chi connectivity index (χ3n) is 1.67. The van der Waals surface area contributed by atoms with Gasteiger partial charge in [0.1, 0.15) is 0 Å². The number of ether oxygens (including phenoxy) is 1. The van der Waals surface area contributed by atoms with Crippen molar-refractivity contribution >= 4 is 6.09 Å². The van der Waals surface area contributed by atoms with Gasteiger partial charge in [-0.25, -0.2) is 4.79 Å². The molecule has 0 aromatic carbocycles. The van der Waals surface area contributed by atoms with Crippen molar-refractivity contribution in [1.82, 2.24) is 4.90 Å². The fourth-order valence-corrected chi connectivity index (χ4v) is 1.20. The Morgan fingerprint density at radius 3 is 3.12 bits per heavy atom. The van der Waals surface area contributed by atoms with Gasteiger partial charge in [-0.2, -0.15) is 0 Å². The van der Waals surface area contributed by atoms with E-state index in [1.165, 1.54) is 0 Å². The van der Waals surface area contributed by atoms with E-state index in [0.717, 1.165) is 19.4 Å². The number of carbonyl (C=O) groups is 1. The lowest BCUT2D eigenvalue weighted by Crippen LogP contribution is -2.49. The lowest BCUT2D eigenvalue weighted by molar-refractivity contribution is -0.0714. The Kier molecular flexibility index (Phi) is 0.604. The molecule has 0 N–H and O–H groups in total. The van der Waals surface area contributed by atoms with Crippen LogP contribution in [0.25, 0.3) is 0 Å². The van der Waals surface area contributed by atoms with Crippen molar-refractivity contribution in [3.63, 3.8) is 0 Å². The fourth-order valence-electron chi connectivity index (χ4n) is 1.20. The third kappa shape index (κ3) is 0.322. The molecule has 3 nitrogen and oxygen atoms in total. The van der Waals surface area contributed by atoms with E-state index in [1.807, 2.05) is 0 Å². The van der Waals surface area contributed by atoms with E-state index in [2.05, 4.69) is 0 Å². The highest BCUT2D eigenvalue weighted by Gasteiger charge is 2.41. The van der Waals surface area contributed by atoms with Crippen LogP contribution in [0.1, 0.15) is 12.8 Å². The molecule has 0 radical (unpaired) electrons. The Labute approximate surface area is 47.2 Å². The molecule has 2 aliphatic heterocycles. The van der Waals surface area contributed by atoms with Crippen LogP contribution in [0, 0.1) is 0 Å². The van der Waals surface area contributed by atoms with Crippen LogP contribution in [0.3, 0.4) is 0 Å². The molecule has 2 saturated heterocycles. The quantitative estimate of drug-likeness (QED) is 0.459. The standard InChI is InChI=1S/C5H7NO2/c7-5-6-3-1-2-4(6)8-5/h4H,1-3H2. The van der Waals surface area contributed by atoms with Crippen LogP contribution in [0.2, 0.25) is 0 Å². The minimum absolute atomic E-state index is 0.132. The van der Waals surface area contributed by atoms with Gasteiger partial charge in [0.15, 0.2) is 6.23 Å². The first kappa shape index (κ1) is 4.18. The molecular formula is C5H7NO2. The van der Waals surface area contributed by atoms with Crippen LogP contribution in [-0.4, -0.2) is 23.8 Å². The lowest BCUT2D eigenvalue weighted by Gasteiger charge is -2.33. The molecule has 44 valence electrons. The predicted octanol–water partition coefficient (Wildman–Crippen LogP) is 0.558. The lowest BCUT2D eigenvalue weighted by atomic mass is 10.3. The third-order valence-corrected chi connectivity index (χ3v) is 1.67. The second kappa shape index (κ2) is 1.16. The van der Waals surface area contributed by atoms with Crippen molar-refractivity contribution in [3.8, 4) is 0 Å². The Hall–Kier alpha value is -0.730. The maximum absolute atomic E-state index is 10.4. The van der Waals surface area contributed by atoms with Crippen molar-refractivity contribution in [2.45, 2.75) is 19.1 Å². The summed E-state index contributed by atoms with van der Waals surface area (Å²) in [5, 5.41) is 0. The number of nitrogens with zero attached hydrogens (tertiary/aromatic N) is 1. The Morgan fingerprint density at radius 2 is 2.62 bits per heavy atom. The highest BCUT2D eigenvalue weighted by molar-refractivity contribution is 5.73. The van der Waals surface area contributed by atoms with E-state index in [9.17, 15) is 4.79 Å². The fraction of sp³-hybridized carbons (Fsp3) is 0.800. The molecule has 0 bridgehead atoms. The normalized spacial score (nSPS) is 33.8. The van der Waals surface area contributed by atoms with Crippen LogP contribution in [0.4, 0.5) is 4.79 Å². The molecule has 0 aromatic rings. The molecule has 1 amide bonds. The molecule has 3 heteroatoms. The number of hydrogen-bond acceptors (Lipinski definition) is 2. The van der Waals surface area contributed by atoms with Crippen molar-refractivity contribution in [3.05, 3.63) is 0 Å². The van der Waals surface area contributed by atoms with E-state index in [-0.39, 0.29) is 12.3 Å². The topological polar surface area (TPSA) is 29.5 Å². The van der Waals surface area contributed by atoms with Crippen molar-refractivity contribution in [2.75, 3.05) is 6.54 Å². The van der Waals surface area contributed by atoms with Gasteiger partial charge in [-0.15, -0.1) is 0 Å². The smallest absolute Gasteiger partial charge is 0.414 e. The number of carbonyl (C=O) groups excluding carboxylic acids is 1. The molecule has 0 aromatic heterocycles. The summed E-state index contributed by atoms with van der Waals surface area (Å²) in [7, 11) is 0. The molecule has 0 spiro atoms. The first-order valence-corrected chi connectivity index (χ1v) is 2.85. The summed E-state index contributed by atoms with van der Waals surface area (Å²) in [6.07, 6.45) is 2.16. The predicted molar refractivity (Wildman–Crippen MR) is 26.2 cm³/mol. The summed E-state index contributed by atoms with van der Waals surface area (Å²) in [5.41, 5.74) is 0. The molecule has 0 saturated carbocycles. The first-order valence-electron chi connectivity index (χ1n) is 2.85. The summed E-state index contributed by atoms with van der Waals surface area (Å²) in [6.45, 7) is 0.906. The van der Waals surface area contributed by atoms with E-state index in [0.29, 0.717) is 0 Å². The first-order chi connectivity index (χ1) is 3.88. The van der Waals surface area contributed by atoms with Crippen LogP contribution in [-0.2, 0) is 4.74 Å². The number of hydrogen-bond donors (Lipinski definition) is 0. The van der Waals surface area contributed by atoms with Gasteiger partial charge < -0.3 is 4.74 Å². The highest BCUT2D eigenvalue weighted by atomic mass is 16.6. The Bertz CT molecular complexity index is 134. The molecule has 2 heterocycles. The molecule has 8 heavy (non-hydrogen) atoms. The van der Waals surface area contributed by atoms with Gasteiger partial charge in [-0.05, 0) is 6.42 Å².